The van der Waals surface area contributed by atoms with E-state index in [1.165, 1.54) is 3.97 Å². The van der Waals surface area contributed by atoms with E-state index in [4.69, 9.17) is 6.57 Å². The van der Waals surface area contributed by atoms with Gasteiger partial charge in [-0.2, -0.15) is 0 Å². The van der Waals surface area contributed by atoms with Crippen LogP contribution in [0.3, 0.4) is 0 Å². The summed E-state index contributed by atoms with van der Waals surface area (Å²) in [5, 5.41) is 0.804. The van der Waals surface area contributed by atoms with Gasteiger partial charge in [-0.25, -0.2) is 17.2 Å². The van der Waals surface area contributed by atoms with Crippen LogP contribution in [-0.4, -0.2) is 37.4 Å². The van der Waals surface area contributed by atoms with Crippen LogP contribution in [0.1, 0.15) is 12.0 Å². The summed E-state index contributed by atoms with van der Waals surface area (Å²) in [6.07, 6.45) is 4.70. The fourth-order valence-corrected chi connectivity index (χ4v) is 4.82. The number of fused-ring (bicyclic) bond motifs is 1. The average molecular weight is 377 g/mol. The fourth-order valence-electron chi connectivity index (χ4n) is 3.43. The van der Waals surface area contributed by atoms with Gasteiger partial charge in [-0.3, -0.25) is 0 Å². The van der Waals surface area contributed by atoms with Crippen LogP contribution in [0, 0.1) is 6.57 Å². The van der Waals surface area contributed by atoms with Crippen LogP contribution in [0.25, 0.3) is 21.3 Å². The molecule has 0 bridgehead atoms. The fraction of sp³-hybridized carbons (Fsp3) is 0.190. The highest BCUT2D eigenvalue weighted by atomic mass is 32.2. The summed E-state index contributed by atoms with van der Waals surface area (Å²) in [5.74, 6) is 0. The number of benzene rings is 2. The number of aromatic nitrogens is 1. The van der Waals surface area contributed by atoms with Gasteiger partial charge in [0.05, 0.1) is 17.0 Å². The molecule has 0 saturated carbocycles. The molecule has 1 aliphatic heterocycles. The molecule has 0 unspecified atom stereocenters. The van der Waals surface area contributed by atoms with Gasteiger partial charge in [-0.15, -0.1) is 0 Å². The van der Waals surface area contributed by atoms with E-state index in [-0.39, 0.29) is 4.90 Å². The van der Waals surface area contributed by atoms with E-state index in [9.17, 15) is 8.42 Å². The number of hydrogen-bond donors (Lipinski definition) is 0. The molecular weight excluding hydrogens is 358 g/mol. The third-order valence-electron chi connectivity index (χ3n) is 4.94. The Morgan fingerprint density at radius 3 is 2.56 bits per heavy atom. The molecule has 2 aromatic carbocycles. The number of rotatable bonds is 3. The molecule has 4 rings (SSSR count). The molecule has 0 spiro atoms. The van der Waals surface area contributed by atoms with Crippen molar-refractivity contribution in [2.75, 3.05) is 20.1 Å². The van der Waals surface area contributed by atoms with Crippen molar-refractivity contribution in [1.29, 1.82) is 0 Å². The SMILES string of the molecule is [C-]#[N+]c1ccc2c(c1)c(C1=CCN(C)CC1)cn2S(=O)(=O)c1ccccc1. The van der Waals surface area contributed by atoms with Gasteiger partial charge in [0.25, 0.3) is 10.0 Å². The molecular formula is C21H19N3O2S. The van der Waals surface area contributed by atoms with Crippen molar-refractivity contribution >= 4 is 32.2 Å². The third kappa shape index (κ3) is 3.05. The van der Waals surface area contributed by atoms with Crippen molar-refractivity contribution in [2.24, 2.45) is 0 Å². The molecule has 0 amide bonds. The molecule has 0 atom stereocenters. The van der Waals surface area contributed by atoms with Crippen LogP contribution in [-0.2, 0) is 10.0 Å². The van der Waals surface area contributed by atoms with Gasteiger partial charge in [-0.1, -0.05) is 30.3 Å². The van der Waals surface area contributed by atoms with Crippen LogP contribution in [0.5, 0.6) is 0 Å². The summed E-state index contributed by atoms with van der Waals surface area (Å²) in [6.45, 7) is 9.06. The lowest BCUT2D eigenvalue weighted by molar-refractivity contribution is 0.370. The van der Waals surface area contributed by atoms with Crippen molar-refractivity contribution in [3.8, 4) is 0 Å². The summed E-state index contributed by atoms with van der Waals surface area (Å²) < 4.78 is 27.8. The van der Waals surface area contributed by atoms with Crippen LogP contribution < -0.4 is 0 Å². The lowest BCUT2D eigenvalue weighted by atomic mass is 9.99. The Morgan fingerprint density at radius 1 is 1.11 bits per heavy atom. The quantitative estimate of drug-likeness (QED) is 0.644. The second kappa shape index (κ2) is 6.69. The maximum Gasteiger partial charge on any atom is 0.268 e. The smallest absolute Gasteiger partial charge is 0.268 e. The Kier molecular flexibility index (Phi) is 4.34. The molecule has 0 aliphatic carbocycles. The lowest BCUT2D eigenvalue weighted by Gasteiger charge is -2.21. The number of nitrogens with zero attached hydrogens (tertiary/aromatic N) is 3. The molecule has 2 heterocycles. The molecule has 27 heavy (non-hydrogen) atoms. The summed E-state index contributed by atoms with van der Waals surface area (Å²) in [4.78, 5) is 5.98. The molecule has 3 aromatic rings. The van der Waals surface area contributed by atoms with Crippen LogP contribution in [0.2, 0.25) is 0 Å². The van der Waals surface area contributed by atoms with Crippen LogP contribution in [0.15, 0.2) is 65.7 Å². The maximum absolute atomic E-state index is 13.2. The first-order valence-corrected chi connectivity index (χ1v) is 10.2. The molecule has 1 aliphatic rings. The minimum Gasteiger partial charge on any atom is -0.302 e. The normalized spacial score (nSPS) is 15.5. The Labute approximate surface area is 159 Å². The molecule has 136 valence electrons. The predicted octanol–water partition coefficient (Wildman–Crippen LogP) is 4.15. The van der Waals surface area contributed by atoms with E-state index in [1.54, 1.807) is 54.7 Å². The predicted molar refractivity (Wildman–Crippen MR) is 107 cm³/mol. The molecule has 5 nitrogen and oxygen atoms in total. The minimum absolute atomic E-state index is 0.250. The van der Waals surface area contributed by atoms with E-state index in [0.717, 1.165) is 36.0 Å². The highest BCUT2D eigenvalue weighted by molar-refractivity contribution is 7.90. The van der Waals surface area contributed by atoms with Crippen molar-refractivity contribution < 1.29 is 8.42 Å². The largest absolute Gasteiger partial charge is 0.302 e. The first-order valence-electron chi connectivity index (χ1n) is 8.72. The first-order chi connectivity index (χ1) is 13.0. The second-order valence-electron chi connectivity index (χ2n) is 6.71. The first kappa shape index (κ1) is 17.5. The van der Waals surface area contributed by atoms with Crippen molar-refractivity contribution in [3.05, 3.63) is 77.8 Å². The summed E-state index contributed by atoms with van der Waals surface area (Å²) in [5.41, 5.74) is 3.12. The maximum atomic E-state index is 13.2. The molecule has 0 saturated heterocycles. The second-order valence-corrected chi connectivity index (χ2v) is 8.53. The number of likely N-dealkylation sites (N-methyl/N-ethyl adjacent to an activating group) is 1. The number of hydrogen-bond acceptors (Lipinski definition) is 3. The van der Waals surface area contributed by atoms with Crippen molar-refractivity contribution in [3.63, 3.8) is 0 Å². The average Bonchev–Trinajstić information content (AvgIpc) is 3.09. The van der Waals surface area contributed by atoms with Gasteiger partial charge in [0.2, 0.25) is 0 Å². The van der Waals surface area contributed by atoms with Gasteiger partial charge in [0.15, 0.2) is 5.69 Å². The highest BCUT2D eigenvalue weighted by Gasteiger charge is 2.23. The summed E-state index contributed by atoms with van der Waals surface area (Å²) in [7, 11) is -1.65. The molecule has 1 aromatic heterocycles. The van der Waals surface area contributed by atoms with Gasteiger partial charge in [-0.05, 0) is 48.7 Å². The van der Waals surface area contributed by atoms with Crippen molar-refractivity contribution in [2.45, 2.75) is 11.3 Å². The standard InChI is InChI=1S/C21H19N3O2S/c1-22-17-8-9-21-19(14-17)20(16-10-12-23(2)13-11-16)15-24(21)27(25,26)18-6-4-3-5-7-18/h3-10,14-15H,11-13H2,2H3. The van der Waals surface area contributed by atoms with Gasteiger partial charge in [0, 0.05) is 24.8 Å². The Hall–Kier alpha value is -2.88. The van der Waals surface area contributed by atoms with Gasteiger partial charge >= 0.3 is 0 Å². The molecule has 0 fully saturated rings. The van der Waals surface area contributed by atoms with E-state index < -0.39 is 10.0 Å². The Balaban J connectivity index is 1.97. The topological polar surface area (TPSA) is 46.7 Å². The zero-order valence-electron chi connectivity index (χ0n) is 15.0. The van der Waals surface area contributed by atoms with E-state index in [0.29, 0.717) is 11.2 Å². The van der Waals surface area contributed by atoms with Crippen LogP contribution >= 0.6 is 0 Å². The van der Waals surface area contributed by atoms with Gasteiger partial charge < -0.3 is 4.90 Å². The molecule has 6 heteroatoms. The van der Waals surface area contributed by atoms with Crippen molar-refractivity contribution in [1.82, 2.24) is 8.87 Å². The van der Waals surface area contributed by atoms with E-state index >= 15 is 0 Å². The van der Waals surface area contributed by atoms with E-state index in [1.807, 2.05) is 0 Å². The van der Waals surface area contributed by atoms with Gasteiger partial charge in [0.1, 0.15) is 0 Å². The Bertz CT molecular complexity index is 1190. The zero-order chi connectivity index (χ0) is 19.0. The summed E-state index contributed by atoms with van der Waals surface area (Å²) >= 11 is 0. The Morgan fingerprint density at radius 2 is 1.89 bits per heavy atom. The van der Waals surface area contributed by atoms with Crippen LogP contribution in [0.4, 0.5) is 5.69 Å². The highest BCUT2D eigenvalue weighted by Crippen LogP contribution is 2.35. The third-order valence-corrected chi connectivity index (χ3v) is 6.63. The molecule has 0 N–H and O–H groups in total. The minimum atomic E-state index is -3.71. The molecule has 0 radical (unpaired) electrons. The summed E-state index contributed by atoms with van der Waals surface area (Å²) in [6, 6.07) is 13.6. The van der Waals surface area contributed by atoms with E-state index in [2.05, 4.69) is 22.9 Å². The zero-order valence-corrected chi connectivity index (χ0v) is 15.8. The lowest BCUT2D eigenvalue weighted by Crippen LogP contribution is -2.23. The monoisotopic (exact) mass is 377 g/mol.